The van der Waals surface area contributed by atoms with Crippen molar-refractivity contribution in [2.45, 2.75) is 31.2 Å². The highest BCUT2D eigenvalue weighted by Gasteiger charge is 2.38. The summed E-state index contributed by atoms with van der Waals surface area (Å²) in [5.74, 6) is -0.0931. The zero-order chi connectivity index (χ0) is 11.5. The van der Waals surface area contributed by atoms with Crippen molar-refractivity contribution in [3.63, 3.8) is 0 Å². The van der Waals surface area contributed by atoms with E-state index in [4.69, 9.17) is 5.11 Å². The Hall–Kier alpha value is -0.820. The molecule has 0 aliphatic carbocycles. The quantitative estimate of drug-likeness (QED) is 0.623. The highest BCUT2D eigenvalue weighted by atomic mass is 19.4. The second kappa shape index (κ2) is 4.80. The van der Waals surface area contributed by atoms with Gasteiger partial charge in [-0.15, -0.1) is 0 Å². The molecule has 0 aromatic carbocycles. The molecule has 1 aliphatic heterocycles. The number of piperidine rings is 1. The summed E-state index contributed by atoms with van der Waals surface area (Å²) in [5, 5.41) is 13.8. The molecular formula is C8H13F3N2O2. The van der Waals surface area contributed by atoms with Gasteiger partial charge in [0.1, 0.15) is 0 Å². The van der Waals surface area contributed by atoms with Crippen LogP contribution in [0.4, 0.5) is 13.2 Å². The van der Waals surface area contributed by atoms with Gasteiger partial charge < -0.3 is 15.7 Å². The van der Waals surface area contributed by atoms with Crippen molar-refractivity contribution in [3.05, 3.63) is 0 Å². The third kappa shape index (κ3) is 4.05. The number of alkyl halides is 3. The van der Waals surface area contributed by atoms with Gasteiger partial charge in [-0.1, -0.05) is 0 Å². The fourth-order valence-electron chi connectivity index (χ4n) is 1.30. The van der Waals surface area contributed by atoms with E-state index in [1.807, 2.05) is 0 Å². The molecule has 7 heteroatoms. The number of halogens is 3. The average molecular weight is 226 g/mol. The molecule has 88 valence electrons. The minimum atomic E-state index is -4.59. The van der Waals surface area contributed by atoms with Crippen molar-refractivity contribution < 1.29 is 23.1 Å². The van der Waals surface area contributed by atoms with Gasteiger partial charge in [0.05, 0.1) is 0 Å². The fourth-order valence-corrected chi connectivity index (χ4v) is 1.30. The Kier molecular flexibility index (Phi) is 3.92. The van der Waals surface area contributed by atoms with Crippen molar-refractivity contribution in [1.29, 1.82) is 0 Å². The van der Waals surface area contributed by atoms with Crippen LogP contribution in [0.2, 0.25) is 0 Å². The fraction of sp³-hybridized carbons (Fsp3) is 0.875. The number of hydrogen-bond donors (Lipinski definition) is 3. The van der Waals surface area contributed by atoms with Crippen LogP contribution in [0.1, 0.15) is 12.8 Å². The second-order valence-electron chi connectivity index (χ2n) is 3.51. The monoisotopic (exact) mass is 226 g/mol. The normalized spacial score (nSPS) is 24.8. The van der Waals surface area contributed by atoms with Gasteiger partial charge in [0, 0.05) is 25.6 Å². The molecule has 0 bridgehead atoms. The summed E-state index contributed by atoms with van der Waals surface area (Å²) >= 11 is 0. The molecule has 0 spiro atoms. The lowest BCUT2D eigenvalue weighted by atomic mass is 10.1. The molecular weight excluding hydrogens is 213 g/mol. The molecule has 0 aromatic rings. The van der Waals surface area contributed by atoms with Gasteiger partial charge in [-0.05, 0) is 6.42 Å². The lowest BCUT2D eigenvalue weighted by molar-refractivity contribution is -0.202. The van der Waals surface area contributed by atoms with Gasteiger partial charge in [0.2, 0.25) is 5.91 Å². The van der Waals surface area contributed by atoms with Crippen LogP contribution in [0.3, 0.4) is 0 Å². The summed E-state index contributed by atoms with van der Waals surface area (Å²) < 4.78 is 35.7. The molecule has 0 saturated carbocycles. The molecule has 0 radical (unpaired) electrons. The topological polar surface area (TPSA) is 61.4 Å². The first-order valence-corrected chi connectivity index (χ1v) is 4.64. The van der Waals surface area contributed by atoms with E-state index in [2.05, 4.69) is 10.6 Å². The van der Waals surface area contributed by atoms with Crippen LogP contribution >= 0.6 is 0 Å². The average Bonchev–Trinajstić information content (AvgIpc) is 2.15. The van der Waals surface area contributed by atoms with Gasteiger partial charge in [0.25, 0.3) is 0 Å². The number of hydrogen-bond acceptors (Lipinski definition) is 3. The molecule has 2 atom stereocenters. The summed E-state index contributed by atoms with van der Waals surface area (Å²) in [7, 11) is 0. The van der Waals surface area contributed by atoms with E-state index < -0.39 is 18.8 Å². The summed E-state index contributed by atoms with van der Waals surface area (Å²) in [6.45, 7) is -0.229. The first-order chi connectivity index (χ1) is 6.89. The van der Waals surface area contributed by atoms with Gasteiger partial charge in [0.15, 0.2) is 6.10 Å². The summed E-state index contributed by atoms with van der Waals surface area (Å²) in [6.07, 6.45) is -6.14. The highest BCUT2D eigenvalue weighted by molar-refractivity contribution is 5.76. The minimum absolute atomic E-state index is 0.0931. The number of aliphatic hydroxyl groups is 1. The van der Waals surface area contributed by atoms with Crippen LogP contribution in [0.25, 0.3) is 0 Å². The van der Waals surface area contributed by atoms with Crippen molar-refractivity contribution in [2.75, 3.05) is 13.1 Å². The predicted octanol–water partition coefficient (Wildman–Crippen LogP) is -0.222. The Balaban J connectivity index is 2.23. The van der Waals surface area contributed by atoms with Crippen LogP contribution < -0.4 is 10.6 Å². The molecule has 3 N–H and O–H groups in total. The van der Waals surface area contributed by atoms with E-state index in [1.165, 1.54) is 0 Å². The molecule has 1 saturated heterocycles. The zero-order valence-corrected chi connectivity index (χ0v) is 7.97. The molecule has 1 heterocycles. The SMILES string of the molecule is O=C1CCC(NCC(O)C(F)(F)F)CN1. The van der Waals surface area contributed by atoms with Crippen molar-refractivity contribution >= 4 is 5.91 Å². The summed E-state index contributed by atoms with van der Waals surface area (Å²) in [6, 6.07) is -0.195. The maximum absolute atomic E-state index is 11.9. The largest absolute Gasteiger partial charge is 0.415 e. The lowest BCUT2D eigenvalue weighted by Crippen LogP contribution is -2.49. The van der Waals surface area contributed by atoms with Crippen LogP contribution in [-0.2, 0) is 4.79 Å². The highest BCUT2D eigenvalue weighted by Crippen LogP contribution is 2.19. The number of rotatable bonds is 3. The van der Waals surface area contributed by atoms with Gasteiger partial charge in [-0.3, -0.25) is 4.79 Å². The van der Waals surface area contributed by atoms with Crippen LogP contribution in [0.15, 0.2) is 0 Å². The minimum Gasteiger partial charge on any atom is -0.382 e. The number of carbonyl (C=O) groups excluding carboxylic acids is 1. The van der Waals surface area contributed by atoms with Gasteiger partial charge >= 0.3 is 6.18 Å². The van der Waals surface area contributed by atoms with E-state index >= 15 is 0 Å². The maximum Gasteiger partial charge on any atom is 0.415 e. The van der Waals surface area contributed by atoms with Crippen molar-refractivity contribution in [3.8, 4) is 0 Å². The molecule has 1 aliphatic rings. The molecule has 1 fully saturated rings. The number of amides is 1. The summed E-state index contributed by atoms with van der Waals surface area (Å²) in [4.78, 5) is 10.7. The Bertz CT molecular complexity index is 222. The van der Waals surface area contributed by atoms with Crippen molar-refractivity contribution in [2.24, 2.45) is 0 Å². The second-order valence-corrected chi connectivity index (χ2v) is 3.51. The molecule has 4 nitrogen and oxygen atoms in total. The molecule has 15 heavy (non-hydrogen) atoms. The first kappa shape index (κ1) is 12.3. The Morgan fingerprint density at radius 3 is 2.73 bits per heavy atom. The van der Waals surface area contributed by atoms with Crippen LogP contribution in [0.5, 0.6) is 0 Å². The van der Waals surface area contributed by atoms with Crippen LogP contribution in [0, 0.1) is 0 Å². The predicted molar refractivity (Wildman–Crippen MR) is 46.1 cm³/mol. The first-order valence-electron chi connectivity index (χ1n) is 4.64. The third-order valence-electron chi connectivity index (χ3n) is 2.24. The Morgan fingerprint density at radius 1 is 1.60 bits per heavy atom. The number of aliphatic hydroxyl groups excluding tert-OH is 1. The van der Waals surface area contributed by atoms with Crippen molar-refractivity contribution in [1.82, 2.24) is 10.6 Å². The third-order valence-corrected chi connectivity index (χ3v) is 2.24. The van der Waals surface area contributed by atoms with Gasteiger partial charge in [-0.2, -0.15) is 13.2 Å². The van der Waals surface area contributed by atoms with E-state index in [0.717, 1.165) is 0 Å². The van der Waals surface area contributed by atoms with E-state index in [-0.39, 0.29) is 11.9 Å². The van der Waals surface area contributed by atoms with E-state index in [9.17, 15) is 18.0 Å². The Labute approximate surface area is 84.8 Å². The zero-order valence-electron chi connectivity index (χ0n) is 7.97. The van der Waals surface area contributed by atoms with Gasteiger partial charge in [-0.25, -0.2) is 0 Å². The van der Waals surface area contributed by atoms with E-state index in [0.29, 0.717) is 19.4 Å². The number of carbonyl (C=O) groups is 1. The smallest absolute Gasteiger partial charge is 0.382 e. The maximum atomic E-state index is 11.9. The standard InChI is InChI=1S/C8H13F3N2O2/c9-8(10,11)6(14)4-12-5-1-2-7(15)13-3-5/h5-6,12,14H,1-4H2,(H,13,15). The van der Waals surface area contributed by atoms with E-state index in [1.54, 1.807) is 0 Å². The Morgan fingerprint density at radius 2 is 2.27 bits per heavy atom. The molecule has 2 unspecified atom stereocenters. The molecule has 1 amide bonds. The van der Waals surface area contributed by atoms with Crippen LogP contribution in [-0.4, -0.2) is 42.4 Å². The molecule has 1 rings (SSSR count). The molecule has 0 aromatic heterocycles. The summed E-state index contributed by atoms with van der Waals surface area (Å²) in [5.41, 5.74) is 0. The lowest BCUT2D eigenvalue weighted by Gasteiger charge is -2.25. The number of nitrogens with one attached hydrogen (secondary N) is 2.